The fraction of sp³-hybridized carbons (Fsp3) is 0.0833. The fourth-order valence-corrected chi connectivity index (χ4v) is 3.52. The van der Waals surface area contributed by atoms with Gasteiger partial charge in [-0.05, 0) is 61.0 Å². The van der Waals surface area contributed by atoms with Gasteiger partial charge < -0.3 is 10.1 Å². The Balaban J connectivity index is 1.31. The fourth-order valence-electron chi connectivity index (χ4n) is 3.18. The van der Waals surface area contributed by atoms with E-state index >= 15 is 0 Å². The van der Waals surface area contributed by atoms with Crippen molar-refractivity contribution in [3.05, 3.63) is 93.9 Å². The average molecular weight is 496 g/mol. The summed E-state index contributed by atoms with van der Waals surface area (Å²) in [6.45, 7) is 1.57. The third-order valence-corrected chi connectivity index (χ3v) is 5.30. The molecule has 0 unspecified atom stereocenters. The van der Waals surface area contributed by atoms with E-state index in [2.05, 4.69) is 20.8 Å². The van der Waals surface area contributed by atoms with Crippen LogP contribution >= 0.6 is 23.2 Å². The highest BCUT2D eigenvalue weighted by Crippen LogP contribution is 2.20. The highest BCUT2D eigenvalue weighted by atomic mass is 35.5. The normalized spacial score (nSPS) is 11.0. The number of hydrazone groups is 1. The first-order chi connectivity index (χ1) is 16.4. The van der Waals surface area contributed by atoms with Gasteiger partial charge in [-0.25, -0.2) is 10.4 Å². The number of anilines is 1. The Labute approximate surface area is 205 Å². The number of nitrogens with one attached hydrogen (secondary N) is 2. The van der Waals surface area contributed by atoms with Gasteiger partial charge in [-0.1, -0.05) is 35.3 Å². The quantitative estimate of drug-likeness (QED) is 0.286. The molecular weight excluding hydrogens is 477 g/mol. The largest absolute Gasteiger partial charge is 0.484 e. The van der Waals surface area contributed by atoms with E-state index in [1.165, 1.54) is 6.21 Å². The summed E-state index contributed by atoms with van der Waals surface area (Å²) in [7, 11) is 0. The number of para-hydroxylation sites is 1. The van der Waals surface area contributed by atoms with Crippen LogP contribution < -0.4 is 15.5 Å². The molecule has 0 spiro atoms. The van der Waals surface area contributed by atoms with E-state index in [4.69, 9.17) is 27.9 Å². The predicted octanol–water partition coefficient (Wildman–Crippen LogP) is 4.73. The van der Waals surface area contributed by atoms with Crippen LogP contribution in [0.2, 0.25) is 10.0 Å². The lowest BCUT2D eigenvalue weighted by Crippen LogP contribution is -2.20. The molecule has 0 saturated heterocycles. The highest BCUT2D eigenvalue weighted by molar-refractivity contribution is 6.33. The van der Waals surface area contributed by atoms with Crippen molar-refractivity contribution in [1.82, 2.24) is 14.8 Å². The number of pyridine rings is 1. The van der Waals surface area contributed by atoms with Gasteiger partial charge in [0.2, 0.25) is 0 Å². The molecule has 10 heteroatoms. The van der Waals surface area contributed by atoms with E-state index in [0.29, 0.717) is 38.5 Å². The smallest absolute Gasteiger partial charge is 0.290 e. The van der Waals surface area contributed by atoms with Crippen LogP contribution in [0.4, 0.5) is 5.69 Å². The van der Waals surface area contributed by atoms with Crippen molar-refractivity contribution in [3.63, 3.8) is 0 Å². The number of imidazole rings is 1. The number of benzene rings is 2. The lowest BCUT2D eigenvalue weighted by Gasteiger charge is -2.08. The van der Waals surface area contributed by atoms with E-state index < -0.39 is 5.91 Å². The summed E-state index contributed by atoms with van der Waals surface area (Å²) in [5.41, 5.74) is 5.29. The first-order valence-corrected chi connectivity index (χ1v) is 10.9. The monoisotopic (exact) mass is 495 g/mol. The number of hydrogen-bond donors (Lipinski definition) is 2. The zero-order chi connectivity index (χ0) is 24.1. The predicted molar refractivity (Wildman–Crippen MR) is 132 cm³/mol. The van der Waals surface area contributed by atoms with Crippen molar-refractivity contribution < 1.29 is 14.3 Å². The van der Waals surface area contributed by atoms with Gasteiger partial charge in [-0.3, -0.25) is 14.0 Å². The lowest BCUT2D eigenvalue weighted by atomic mass is 10.2. The maximum absolute atomic E-state index is 12.6. The maximum atomic E-state index is 12.6. The van der Waals surface area contributed by atoms with Crippen LogP contribution in [-0.2, 0) is 4.79 Å². The SMILES string of the molecule is Cc1nc2ccc(Cl)cn2c1C(=O)N/N=C\c1ccc(OCC(=O)Nc2ccccc2Cl)cc1. The van der Waals surface area contributed by atoms with Crippen LogP contribution in [0, 0.1) is 6.92 Å². The topological polar surface area (TPSA) is 97.1 Å². The summed E-state index contributed by atoms with van der Waals surface area (Å²) in [5.74, 6) is -0.229. The first-order valence-electron chi connectivity index (χ1n) is 10.2. The molecule has 2 aromatic heterocycles. The Morgan fingerprint density at radius 3 is 2.62 bits per heavy atom. The molecule has 2 heterocycles. The highest BCUT2D eigenvalue weighted by Gasteiger charge is 2.16. The van der Waals surface area contributed by atoms with Gasteiger partial charge >= 0.3 is 0 Å². The molecule has 0 radical (unpaired) electrons. The molecule has 0 aliphatic heterocycles. The number of aromatic nitrogens is 2. The van der Waals surface area contributed by atoms with Crippen LogP contribution in [0.15, 0.2) is 72.0 Å². The molecule has 0 aliphatic carbocycles. The minimum Gasteiger partial charge on any atom is -0.484 e. The van der Waals surface area contributed by atoms with Gasteiger partial charge in [-0.15, -0.1) is 0 Å². The Morgan fingerprint density at radius 1 is 1.09 bits per heavy atom. The second-order valence-corrected chi connectivity index (χ2v) is 8.05. The van der Waals surface area contributed by atoms with Gasteiger partial charge in [0.1, 0.15) is 17.1 Å². The van der Waals surface area contributed by atoms with E-state index in [-0.39, 0.29) is 12.5 Å². The van der Waals surface area contributed by atoms with Crippen molar-refractivity contribution in [2.75, 3.05) is 11.9 Å². The minimum atomic E-state index is -0.409. The van der Waals surface area contributed by atoms with Crippen LogP contribution in [0.1, 0.15) is 21.7 Å². The number of aryl methyl sites for hydroxylation is 1. The molecule has 0 bridgehead atoms. The summed E-state index contributed by atoms with van der Waals surface area (Å²) >= 11 is 12.1. The van der Waals surface area contributed by atoms with Gasteiger partial charge in [0.15, 0.2) is 6.61 Å². The molecule has 0 saturated carbocycles. The van der Waals surface area contributed by atoms with E-state index in [1.807, 2.05) is 0 Å². The molecule has 4 aromatic rings. The van der Waals surface area contributed by atoms with Gasteiger partial charge in [-0.2, -0.15) is 5.10 Å². The number of ether oxygens (including phenoxy) is 1. The van der Waals surface area contributed by atoms with Crippen molar-refractivity contribution in [2.24, 2.45) is 5.10 Å². The molecule has 0 fully saturated rings. The summed E-state index contributed by atoms with van der Waals surface area (Å²) in [6.07, 6.45) is 3.13. The summed E-state index contributed by atoms with van der Waals surface area (Å²) in [5, 5.41) is 7.64. The van der Waals surface area contributed by atoms with Crippen LogP contribution in [-0.4, -0.2) is 34.0 Å². The molecule has 2 N–H and O–H groups in total. The third-order valence-electron chi connectivity index (χ3n) is 4.75. The van der Waals surface area contributed by atoms with Gasteiger partial charge in [0.05, 0.1) is 27.6 Å². The molecule has 2 aromatic carbocycles. The zero-order valence-corrected chi connectivity index (χ0v) is 19.5. The standard InChI is InChI=1S/C24H19Cl2N5O3/c1-15-23(31-13-17(25)8-11-21(31)28-15)24(33)30-27-12-16-6-9-18(10-7-16)34-14-22(32)29-20-5-3-2-4-19(20)26/h2-13H,14H2,1H3,(H,29,32)(H,30,33)/b27-12-. The number of carbonyl (C=O) groups is 2. The first kappa shape index (κ1) is 23.3. The van der Waals surface area contributed by atoms with Crippen molar-refractivity contribution in [3.8, 4) is 5.75 Å². The summed E-state index contributed by atoms with van der Waals surface area (Å²) < 4.78 is 7.12. The zero-order valence-electron chi connectivity index (χ0n) is 18.0. The number of hydrogen-bond acceptors (Lipinski definition) is 5. The summed E-state index contributed by atoms with van der Waals surface area (Å²) in [4.78, 5) is 29.0. The molecule has 172 valence electrons. The Morgan fingerprint density at radius 2 is 1.85 bits per heavy atom. The van der Waals surface area contributed by atoms with E-state index in [1.54, 1.807) is 78.2 Å². The molecule has 0 atom stereocenters. The summed E-state index contributed by atoms with van der Waals surface area (Å²) in [6, 6.07) is 17.3. The van der Waals surface area contributed by atoms with Crippen molar-refractivity contribution in [1.29, 1.82) is 0 Å². The molecule has 0 aliphatic rings. The Kier molecular flexibility index (Phi) is 7.10. The molecule has 4 rings (SSSR count). The number of halogens is 2. The number of fused-ring (bicyclic) bond motifs is 1. The van der Waals surface area contributed by atoms with Crippen LogP contribution in [0.5, 0.6) is 5.75 Å². The Bertz CT molecular complexity index is 1380. The number of carbonyl (C=O) groups excluding carboxylic acids is 2. The van der Waals surface area contributed by atoms with Crippen molar-refractivity contribution in [2.45, 2.75) is 6.92 Å². The maximum Gasteiger partial charge on any atom is 0.290 e. The van der Waals surface area contributed by atoms with Crippen LogP contribution in [0.25, 0.3) is 5.65 Å². The van der Waals surface area contributed by atoms with Gasteiger partial charge in [0.25, 0.3) is 11.8 Å². The number of nitrogens with zero attached hydrogens (tertiary/aromatic N) is 3. The van der Waals surface area contributed by atoms with Gasteiger partial charge in [0, 0.05) is 6.20 Å². The van der Waals surface area contributed by atoms with E-state index in [9.17, 15) is 9.59 Å². The third kappa shape index (κ3) is 5.54. The minimum absolute atomic E-state index is 0.169. The molecule has 2 amide bonds. The number of rotatable bonds is 7. The molecular formula is C24H19Cl2N5O3. The molecule has 8 nitrogen and oxygen atoms in total. The molecule has 34 heavy (non-hydrogen) atoms. The van der Waals surface area contributed by atoms with Crippen molar-refractivity contribution >= 4 is 52.6 Å². The lowest BCUT2D eigenvalue weighted by molar-refractivity contribution is -0.118. The average Bonchev–Trinajstić information content (AvgIpc) is 3.15. The number of amides is 2. The van der Waals surface area contributed by atoms with Crippen LogP contribution in [0.3, 0.4) is 0 Å². The van der Waals surface area contributed by atoms with E-state index in [0.717, 1.165) is 5.56 Å². The Hall–Kier alpha value is -3.88. The second kappa shape index (κ2) is 10.4. The second-order valence-electron chi connectivity index (χ2n) is 7.21.